The van der Waals surface area contributed by atoms with E-state index in [1.165, 1.54) is 0 Å². The molecule has 1 aliphatic rings. The molecule has 2 atom stereocenters. The molecule has 12 heteroatoms. The zero-order valence-electron chi connectivity index (χ0n) is 12.9. The van der Waals surface area contributed by atoms with Crippen LogP contribution >= 0.6 is 11.6 Å². The van der Waals surface area contributed by atoms with Crippen molar-refractivity contribution in [3.05, 3.63) is 23.2 Å². The first-order chi connectivity index (χ1) is 12.0. The van der Waals surface area contributed by atoms with Gasteiger partial charge in [0.2, 0.25) is 6.41 Å². The van der Waals surface area contributed by atoms with Gasteiger partial charge in [-0.15, -0.1) is 0 Å². The van der Waals surface area contributed by atoms with Gasteiger partial charge in [-0.3, -0.25) is 4.79 Å². The van der Waals surface area contributed by atoms with Crippen LogP contribution in [0.3, 0.4) is 0 Å². The number of carboxylic acids is 1. The van der Waals surface area contributed by atoms with Gasteiger partial charge in [0, 0.05) is 12.6 Å². The van der Waals surface area contributed by atoms with Gasteiger partial charge in [-0.25, -0.2) is 13.2 Å². The Morgan fingerprint density at radius 1 is 1.42 bits per heavy atom. The lowest BCUT2D eigenvalue weighted by Crippen LogP contribution is -2.34. The molecule has 1 N–H and O–H groups in total. The molecule has 2 rings (SSSR count). The minimum absolute atomic E-state index is 0.254. The van der Waals surface area contributed by atoms with Crippen LogP contribution in [-0.2, 0) is 19.4 Å². The lowest BCUT2D eigenvalue weighted by molar-refractivity contribution is -0.153. The average molecular weight is 416 g/mol. The number of alkyl halides is 3. The van der Waals surface area contributed by atoms with Crippen molar-refractivity contribution in [2.24, 2.45) is 0 Å². The van der Waals surface area contributed by atoms with Gasteiger partial charge < -0.3 is 14.7 Å². The summed E-state index contributed by atoms with van der Waals surface area (Å²) in [5.74, 6) is -1.60. The van der Waals surface area contributed by atoms with Gasteiger partial charge in [0.25, 0.3) is 0 Å². The minimum atomic E-state index is -4.56. The highest BCUT2D eigenvalue weighted by Crippen LogP contribution is 2.33. The van der Waals surface area contributed by atoms with Gasteiger partial charge in [-0.2, -0.15) is 13.2 Å². The van der Waals surface area contributed by atoms with Gasteiger partial charge in [-0.05, 0) is 18.6 Å². The standard InChI is InChI=1S/C14H13ClF3NO6S/c15-10-3-8(25-6-14(16,17)18)1-2-12(10)26(23,24)9-4-11(13(21)22)19(5-9)7-20/h1-3,7,9,11H,4-6H2,(H,21,22)/t9?,11-/m1/s1. The monoisotopic (exact) mass is 415 g/mol. The first kappa shape index (κ1) is 20.3. The zero-order chi connectivity index (χ0) is 19.7. The molecule has 0 radical (unpaired) electrons. The lowest BCUT2D eigenvalue weighted by atomic mass is 10.2. The molecular weight excluding hydrogens is 403 g/mol. The minimum Gasteiger partial charge on any atom is -0.484 e. The molecule has 1 unspecified atom stereocenters. The van der Waals surface area contributed by atoms with E-state index in [4.69, 9.17) is 16.7 Å². The van der Waals surface area contributed by atoms with Crippen molar-refractivity contribution in [1.82, 2.24) is 4.90 Å². The Balaban J connectivity index is 2.24. The number of benzene rings is 1. The molecule has 7 nitrogen and oxygen atoms in total. The number of hydrogen-bond donors (Lipinski definition) is 1. The number of carbonyl (C=O) groups is 2. The van der Waals surface area contributed by atoms with Crippen LogP contribution in [0, 0.1) is 0 Å². The number of nitrogens with zero attached hydrogens (tertiary/aromatic N) is 1. The summed E-state index contributed by atoms with van der Waals surface area (Å²) in [4.78, 5) is 22.5. The van der Waals surface area contributed by atoms with Crippen molar-refractivity contribution in [3.63, 3.8) is 0 Å². The molecule has 144 valence electrons. The maximum Gasteiger partial charge on any atom is 0.422 e. The number of aliphatic carboxylic acids is 1. The Morgan fingerprint density at radius 3 is 2.54 bits per heavy atom. The van der Waals surface area contributed by atoms with E-state index in [9.17, 15) is 31.2 Å². The molecule has 0 aliphatic carbocycles. The zero-order valence-corrected chi connectivity index (χ0v) is 14.5. The largest absolute Gasteiger partial charge is 0.484 e. The summed E-state index contributed by atoms with van der Waals surface area (Å²) in [6.45, 7) is -1.89. The lowest BCUT2D eigenvalue weighted by Gasteiger charge is -2.15. The van der Waals surface area contributed by atoms with Crippen LogP contribution in [0.5, 0.6) is 5.75 Å². The van der Waals surface area contributed by atoms with Crippen LogP contribution in [-0.4, -0.2) is 61.4 Å². The van der Waals surface area contributed by atoms with Crippen molar-refractivity contribution in [3.8, 4) is 5.75 Å². The summed E-state index contributed by atoms with van der Waals surface area (Å²) in [6.07, 6.45) is -4.63. The van der Waals surface area contributed by atoms with Crippen LogP contribution in [0.1, 0.15) is 6.42 Å². The second kappa shape index (κ2) is 7.31. The van der Waals surface area contributed by atoms with Gasteiger partial charge in [0.1, 0.15) is 11.8 Å². The number of sulfone groups is 1. The predicted molar refractivity (Wildman–Crippen MR) is 82.8 cm³/mol. The fourth-order valence-corrected chi connectivity index (χ4v) is 4.80. The third-order valence-electron chi connectivity index (χ3n) is 3.77. The fraction of sp³-hybridized carbons (Fsp3) is 0.429. The Hall–Kier alpha value is -2.01. The molecule has 1 amide bonds. The molecular formula is C14H13ClF3NO6S. The Morgan fingerprint density at radius 2 is 2.08 bits per heavy atom. The number of carboxylic acid groups (broad SMARTS) is 1. The van der Waals surface area contributed by atoms with Crippen molar-refractivity contribution in [1.29, 1.82) is 0 Å². The quantitative estimate of drug-likeness (QED) is 0.710. The van der Waals surface area contributed by atoms with E-state index in [1.807, 2.05) is 0 Å². The molecule has 26 heavy (non-hydrogen) atoms. The van der Waals surface area contributed by atoms with E-state index >= 15 is 0 Å². The highest BCUT2D eigenvalue weighted by molar-refractivity contribution is 7.92. The molecule has 1 saturated heterocycles. The first-order valence-electron chi connectivity index (χ1n) is 7.12. The number of hydrogen-bond acceptors (Lipinski definition) is 5. The molecule has 1 aromatic carbocycles. The predicted octanol–water partition coefficient (Wildman–Crippen LogP) is 1.74. The van der Waals surface area contributed by atoms with Gasteiger partial charge >= 0.3 is 12.1 Å². The van der Waals surface area contributed by atoms with Crippen LogP contribution in [0.15, 0.2) is 23.1 Å². The van der Waals surface area contributed by atoms with E-state index in [-0.39, 0.29) is 35.0 Å². The summed E-state index contributed by atoms with van der Waals surface area (Å²) in [7, 11) is -4.11. The summed E-state index contributed by atoms with van der Waals surface area (Å²) >= 11 is 5.87. The van der Waals surface area contributed by atoms with E-state index in [0.29, 0.717) is 0 Å². The highest BCUT2D eigenvalue weighted by Gasteiger charge is 2.43. The second-order valence-corrected chi connectivity index (χ2v) is 8.16. The number of ether oxygens (including phenoxy) is 1. The molecule has 0 bridgehead atoms. The van der Waals surface area contributed by atoms with Crippen molar-refractivity contribution >= 4 is 33.8 Å². The molecule has 1 aromatic rings. The molecule has 1 aliphatic heterocycles. The van der Waals surface area contributed by atoms with E-state index < -0.39 is 39.9 Å². The Bertz CT molecular complexity index is 813. The molecule has 0 aromatic heterocycles. The van der Waals surface area contributed by atoms with E-state index in [1.54, 1.807) is 0 Å². The maximum atomic E-state index is 12.7. The van der Waals surface area contributed by atoms with Crippen LogP contribution in [0.25, 0.3) is 0 Å². The molecule has 0 spiro atoms. The average Bonchev–Trinajstić information content (AvgIpc) is 2.97. The summed E-state index contributed by atoms with van der Waals surface area (Å²) < 4.78 is 66.3. The Labute approximate surface area is 151 Å². The van der Waals surface area contributed by atoms with Crippen molar-refractivity contribution in [2.75, 3.05) is 13.2 Å². The van der Waals surface area contributed by atoms with Crippen molar-refractivity contribution in [2.45, 2.75) is 28.8 Å². The third-order valence-corrected chi connectivity index (χ3v) is 6.39. The number of halogens is 4. The fourth-order valence-electron chi connectivity index (χ4n) is 2.55. The SMILES string of the molecule is O=CN1CC(S(=O)(=O)c2ccc(OCC(F)(F)F)cc2Cl)C[C@@H]1C(=O)O. The van der Waals surface area contributed by atoms with Gasteiger partial charge in [0.05, 0.1) is 15.2 Å². The van der Waals surface area contributed by atoms with Crippen molar-refractivity contribution < 1.29 is 41.0 Å². The smallest absolute Gasteiger partial charge is 0.422 e. The summed E-state index contributed by atoms with van der Waals surface area (Å²) in [6, 6.07) is 1.66. The number of amides is 1. The second-order valence-electron chi connectivity index (χ2n) is 5.56. The highest BCUT2D eigenvalue weighted by atomic mass is 35.5. The molecule has 1 heterocycles. The summed E-state index contributed by atoms with van der Waals surface area (Å²) in [5.41, 5.74) is 0. The topological polar surface area (TPSA) is 101 Å². The maximum absolute atomic E-state index is 12.7. The van der Waals surface area contributed by atoms with Gasteiger partial charge in [-0.1, -0.05) is 11.6 Å². The number of likely N-dealkylation sites (tertiary alicyclic amines) is 1. The number of rotatable bonds is 6. The number of carbonyl (C=O) groups excluding carboxylic acids is 1. The third kappa shape index (κ3) is 4.39. The van der Waals surface area contributed by atoms with Crippen LogP contribution in [0.2, 0.25) is 5.02 Å². The Kier molecular flexibility index (Phi) is 5.71. The van der Waals surface area contributed by atoms with E-state index in [0.717, 1.165) is 23.1 Å². The molecule has 0 saturated carbocycles. The summed E-state index contributed by atoms with van der Waals surface area (Å²) in [5, 5.41) is 7.49. The van der Waals surface area contributed by atoms with Crippen LogP contribution in [0.4, 0.5) is 13.2 Å². The van der Waals surface area contributed by atoms with E-state index in [2.05, 4.69) is 4.74 Å². The molecule has 1 fully saturated rings. The van der Waals surface area contributed by atoms with Gasteiger partial charge in [0.15, 0.2) is 16.4 Å². The normalized spacial score (nSPS) is 20.8. The first-order valence-corrected chi connectivity index (χ1v) is 9.05. The van der Waals surface area contributed by atoms with Crippen LogP contribution < -0.4 is 4.74 Å².